The van der Waals surface area contributed by atoms with Crippen LogP contribution in [0.25, 0.3) is 0 Å². The summed E-state index contributed by atoms with van der Waals surface area (Å²) in [4.78, 5) is 22.1. The van der Waals surface area contributed by atoms with Crippen LogP contribution in [0.15, 0.2) is 52.5 Å². The van der Waals surface area contributed by atoms with Crippen molar-refractivity contribution < 1.29 is 18.3 Å². The highest BCUT2D eigenvalue weighted by Gasteiger charge is 2.19. The van der Waals surface area contributed by atoms with Crippen LogP contribution in [0.1, 0.15) is 18.1 Å². The summed E-state index contributed by atoms with van der Waals surface area (Å²) < 4.78 is 24.5. The normalized spacial score (nSPS) is 11.8. The van der Waals surface area contributed by atoms with Gasteiger partial charge in [-0.15, -0.1) is 0 Å². The SMILES string of the molecule is CC(=NNS(=O)(=O)c1ccc(C)c([N+](=O)[O-])c1)c1ccc([N+](=O)[O-])cc1. The van der Waals surface area contributed by atoms with Crippen LogP contribution in [-0.4, -0.2) is 24.0 Å². The third-order valence-corrected chi connectivity index (χ3v) is 4.72. The Morgan fingerprint density at radius 2 is 1.65 bits per heavy atom. The number of hydrogen-bond donors (Lipinski definition) is 1. The maximum atomic E-state index is 12.3. The number of non-ortho nitro benzene ring substituents is 1. The number of nitro benzene ring substituents is 2. The second-order valence-corrected chi connectivity index (χ2v) is 6.96. The number of nitrogens with one attached hydrogen (secondary N) is 1. The van der Waals surface area contributed by atoms with Crippen LogP contribution in [0.3, 0.4) is 0 Å². The molecule has 0 unspecified atom stereocenters. The number of sulfonamides is 1. The number of hydrazone groups is 1. The topological polar surface area (TPSA) is 145 Å². The zero-order chi connectivity index (χ0) is 19.5. The van der Waals surface area contributed by atoms with Gasteiger partial charge in [-0.25, -0.2) is 0 Å². The average Bonchev–Trinajstić information content (AvgIpc) is 2.59. The van der Waals surface area contributed by atoms with Gasteiger partial charge < -0.3 is 0 Å². The predicted molar refractivity (Wildman–Crippen MR) is 93.5 cm³/mol. The Balaban J connectivity index is 2.26. The van der Waals surface area contributed by atoms with Gasteiger partial charge in [-0.05, 0) is 37.6 Å². The monoisotopic (exact) mass is 378 g/mol. The van der Waals surface area contributed by atoms with Crippen molar-refractivity contribution in [2.45, 2.75) is 18.7 Å². The Morgan fingerprint density at radius 3 is 2.19 bits per heavy atom. The smallest absolute Gasteiger partial charge is 0.258 e. The van der Waals surface area contributed by atoms with Crippen molar-refractivity contribution in [1.82, 2.24) is 4.83 Å². The molecule has 0 fully saturated rings. The van der Waals surface area contributed by atoms with Gasteiger partial charge in [-0.1, -0.05) is 6.07 Å². The third-order valence-electron chi connectivity index (χ3n) is 3.52. The van der Waals surface area contributed by atoms with E-state index in [0.717, 1.165) is 6.07 Å². The molecule has 0 saturated carbocycles. The van der Waals surface area contributed by atoms with Crippen molar-refractivity contribution in [1.29, 1.82) is 0 Å². The van der Waals surface area contributed by atoms with Gasteiger partial charge >= 0.3 is 0 Å². The second kappa shape index (κ2) is 7.27. The zero-order valence-electron chi connectivity index (χ0n) is 13.7. The van der Waals surface area contributed by atoms with Crippen molar-refractivity contribution >= 4 is 27.1 Å². The molecule has 0 bridgehead atoms. The Labute approximate surface area is 148 Å². The molecule has 136 valence electrons. The third kappa shape index (κ3) is 4.19. The molecule has 1 N–H and O–H groups in total. The Bertz CT molecular complexity index is 999. The Kier molecular flexibility index (Phi) is 5.31. The van der Waals surface area contributed by atoms with E-state index >= 15 is 0 Å². The van der Waals surface area contributed by atoms with E-state index in [0.29, 0.717) is 11.1 Å². The maximum Gasteiger partial charge on any atom is 0.276 e. The van der Waals surface area contributed by atoms with Gasteiger partial charge in [0.05, 0.1) is 20.5 Å². The predicted octanol–water partition coefficient (Wildman–Crippen LogP) is 2.51. The molecule has 2 rings (SSSR count). The number of aryl methyl sites for hydroxylation is 1. The zero-order valence-corrected chi connectivity index (χ0v) is 14.6. The summed E-state index contributed by atoms with van der Waals surface area (Å²) in [5.41, 5.74) is 0.663. The molecule has 0 spiro atoms. The van der Waals surface area contributed by atoms with E-state index in [-0.39, 0.29) is 22.0 Å². The number of hydrogen-bond acceptors (Lipinski definition) is 7. The quantitative estimate of drug-likeness (QED) is 0.464. The molecular weight excluding hydrogens is 364 g/mol. The molecule has 0 saturated heterocycles. The lowest BCUT2D eigenvalue weighted by Gasteiger charge is -2.06. The number of benzene rings is 2. The van der Waals surface area contributed by atoms with Gasteiger partial charge in [0.15, 0.2) is 0 Å². The largest absolute Gasteiger partial charge is 0.276 e. The van der Waals surface area contributed by atoms with E-state index in [1.54, 1.807) is 0 Å². The van der Waals surface area contributed by atoms with Gasteiger partial charge in [0.2, 0.25) is 0 Å². The molecule has 10 nitrogen and oxygen atoms in total. The summed E-state index contributed by atoms with van der Waals surface area (Å²) in [6.45, 7) is 3.01. The standard InChI is InChI=1S/C15H14N4O6S/c1-10-3-8-14(9-15(10)19(22)23)26(24,25)17-16-11(2)12-4-6-13(7-5-12)18(20)21/h3-9,17H,1-2H3. The van der Waals surface area contributed by atoms with E-state index in [9.17, 15) is 28.6 Å². The molecule has 11 heteroatoms. The minimum atomic E-state index is -4.11. The van der Waals surface area contributed by atoms with Crippen molar-refractivity contribution in [2.75, 3.05) is 0 Å². The van der Waals surface area contributed by atoms with Crippen LogP contribution >= 0.6 is 0 Å². The van der Waals surface area contributed by atoms with Crippen molar-refractivity contribution in [2.24, 2.45) is 5.10 Å². The lowest BCUT2D eigenvalue weighted by Crippen LogP contribution is -2.20. The van der Waals surface area contributed by atoms with Crippen LogP contribution in [0, 0.1) is 27.2 Å². The Hall–Kier alpha value is -3.34. The van der Waals surface area contributed by atoms with Crippen LogP contribution in [-0.2, 0) is 10.0 Å². The van der Waals surface area contributed by atoms with Gasteiger partial charge in [0.1, 0.15) is 0 Å². The fourth-order valence-corrected chi connectivity index (χ4v) is 2.90. The highest BCUT2D eigenvalue weighted by atomic mass is 32.2. The summed E-state index contributed by atoms with van der Waals surface area (Å²) in [6, 6.07) is 8.93. The molecular formula is C15H14N4O6S. The summed E-state index contributed by atoms with van der Waals surface area (Å²) in [5.74, 6) is 0. The molecule has 0 aliphatic carbocycles. The van der Waals surface area contributed by atoms with E-state index < -0.39 is 19.9 Å². The van der Waals surface area contributed by atoms with Crippen LogP contribution < -0.4 is 4.83 Å². The summed E-state index contributed by atoms with van der Waals surface area (Å²) in [6.07, 6.45) is 0. The average molecular weight is 378 g/mol. The van der Waals surface area contributed by atoms with E-state index in [1.807, 2.05) is 4.83 Å². The fourth-order valence-electron chi connectivity index (χ4n) is 2.02. The summed E-state index contributed by atoms with van der Waals surface area (Å²) in [7, 11) is -4.11. The summed E-state index contributed by atoms with van der Waals surface area (Å²) >= 11 is 0. The van der Waals surface area contributed by atoms with Gasteiger partial charge in [-0.2, -0.15) is 18.4 Å². The van der Waals surface area contributed by atoms with Crippen LogP contribution in [0.4, 0.5) is 11.4 Å². The first kappa shape index (κ1) is 19.0. The highest BCUT2D eigenvalue weighted by molar-refractivity contribution is 7.89. The van der Waals surface area contributed by atoms with Crippen LogP contribution in [0.2, 0.25) is 0 Å². The van der Waals surface area contributed by atoms with Gasteiger partial charge in [0.25, 0.3) is 21.4 Å². The number of rotatable bonds is 6. The molecule has 0 atom stereocenters. The number of nitrogens with zero attached hydrogens (tertiary/aromatic N) is 3. The van der Waals surface area contributed by atoms with Crippen molar-refractivity contribution in [3.8, 4) is 0 Å². The van der Waals surface area contributed by atoms with E-state index in [2.05, 4.69) is 5.10 Å². The van der Waals surface area contributed by atoms with Gasteiger partial charge in [0, 0.05) is 23.8 Å². The maximum absolute atomic E-state index is 12.3. The highest BCUT2D eigenvalue weighted by Crippen LogP contribution is 2.22. The van der Waals surface area contributed by atoms with E-state index in [1.165, 1.54) is 50.2 Å². The molecule has 0 amide bonds. The van der Waals surface area contributed by atoms with E-state index in [4.69, 9.17) is 0 Å². The molecule has 0 radical (unpaired) electrons. The molecule has 0 heterocycles. The first-order chi connectivity index (χ1) is 12.1. The molecule has 2 aromatic carbocycles. The lowest BCUT2D eigenvalue weighted by atomic mass is 10.1. The molecule has 0 aromatic heterocycles. The van der Waals surface area contributed by atoms with Crippen molar-refractivity contribution in [3.05, 3.63) is 73.8 Å². The molecule has 0 aliphatic rings. The Morgan fingerprint density at radius 1 is 1.04 bits per heavy atom. The number of nitro groups is 2. The van der Waals surface area contributed by atoms with Crippen molar-refractivity contribution in [3.63, 3.8) is 0 Å². The first-order valence-electron chi connectivity index (χ1n) is 7.18. The molecule has 26 heavy (non-hydrogen) atoms. The molecule has 2 aromatic rings. The lowest BCUT2D eigenvalue weighted by molar-refractivity contribution is -0.385. The van der Waals surface area contributed by atoms with Crippen LogP contribution in [0.5, 0.6) is 0 Å². The first-order valence-corrected chi connectivity index (χ1v) is 8.66. The summed E-state index contributed by atoms with van der Waals surface area (Å²) in [5, 5.41) is 25.3. The second-order valence-electron chi connectivity index (χ2n) is 5.30. The molecule has 0 aliphatic heterocycles. The fraction of sp³-hybridized carbons (Fsp3) is 0.133. The minimum absolute atomic E-state index is 0.103. The van der Waals surface area contributed by atoms with Gasteiger partial charge in [-0.3, -0.25) is 20.2 Å². The minimum Gasteiger partial charge on any atom is -0.258 e.